The van der Waals surface area contributed by atoms with Crippen LogP contribution in [0.2, 0.25) is 0 Å². The van der Waals surface area contributed by atoms with Crippen molar-refractivity contribution >= 4 is 32.8 Å². The number of hydrogen-bond donors (Lipinski definition) is 2. The van der Waals surface area contributed by atoms with Gasteiger partial charge in [-0.05, 0) is 45.2 Å². The molecule has 11 heteroatoms. The average molecular weight is 446 g/mol. The Bertz CT molecular complexity index is 1290. The van der Waals surface area contributed by atoms with Crippen LogP contribution in [0.15, 0.2) is 21.1 Å². The van der Waals surface area contributed by atoms with E-state index in [-0.39, 0.29) is 35.1 Å². The van der Waals surface area contributed by atoms with Gasteiger partial charge in [-0.2, -0.15) is 0 Å². The molecule has 3 aromatic rings. The lowest BCUT2D eigenvalue weighted by Gasteiger charge is -2.11. The maximum Gasteiger partial charge on any atom is 0.270 e. The van der Waals surface area contributed by atoms with Gasteiger partial charge in [0.05, 0.1) is 33.8 Å². The summed E-state index contributed by atoms with van der Waals surface area (Å²) in [7, 11) is -3.07. The lowest BCUT2D eigenvalue weighted by Crippen LogP contribution is -2.42. The first kappa shape index (κ1) is 21.0. The number of hydrogen-bond acceptors (Lipinski definition) is 8. The van der Waals surface area contributed by atoms with Gasteiger partial charge in [-0.15, -0.1) is 0 Å². The van der Waals surface area contributed by atoms with E-state index in [4.69, 9.17) is 8.94 Å². The van der Waals surface area contributed by atoms with Crippen molar-refractivity contribution in [1.29, 1.82) is 0 Å². The van der Waals surface area contributed by atoms with Crippen LogP contribution >= 0.6 is 0 Å². The van der Waals surface area contributed by atoms with E-state index >= 15 is 0 Å². The van der Waals surface area contributed by atoms with Crippen LogP contribution < -0.4 is 10.9 Å². The number of aromatic nitrogens is 2. The number of hydrazine groups is 1. The van der Waals surface area contributed by atoms with Crippen molar-refractivity contribution in [3.05, 3.63) is 34.9 Å². The van der Waals surface area contributed by atoms with Crippen LogP contribution in [0.1, 0.15) is 40.4 Å². The van der Waals surface area contributed by atoms with Gasteiger partial charge in [0.1, 0.15) is 11.5 Å². The molecule has 1 aliphatic heterocycles. The fraction of sp³-hybridized carbons (Fsp3) is 0.400. The molecule has 10 nitrogen and oxygen atoms in total. The maximum atomic E-state index is 12.9. The van der Waals surface area contributed by atoms with Crippen LogP contribution in [0.5, 0.6) is 0 Å². The van der Waals surface area contributed by atoms with Crippen molar-refractivity contribution in [2.45, 2.75) is 33.6 Å². The zero-order valence-electron chi connectivity index (χ0n) is 17.3. The molecular formula is C20H22N4O6S. The summed E-state index contributed by atoms with van der Waals surface area (Å²) in [4.78, 5) is 29.5. The molecule has 164 valence electrons. The number of nitrogens with one attached hydrogen (secondary N) is 2. The number of furan rings is 1. The molecule has 2 amide bonds. The molecule has 0 aromatic carbocycles. The molecule has 1 fully saturated rings. The number of sulfone groups is 1. The van der Waals surface area contributed by atoms with E-state index in [9.17, 15) is 18.0 Å². The van der Waals surface area contributed by atoms with Crippen LogP contribution in [0.3, 0.4) is 0 Å². The van der Waals surface area contributed by atoms with Gasteiger partial charge in [-0.3, -0.25) is 20.4 Å². The van der Waals surface area contributed by atoms with E-state index in [0.29, 0.717) is 40.3 Å². The minimum absolute atomic E-state index is 0.00788. The largest absolute Gasteiger partial charge is 0.466 e. The van der Waals surface area contributed by atoms with E-state index in [2.05, 4.69) is 21.0 Å². The third-order valence-corrected chi connectivity index (χ3v) is 7.13. The first-order valence-corrected chi connectivity index (χ1v) is 11.6. The van der Waals surface area contributed by atoms with E-state index in [1.165, 1.54) is 0 Å². The van der Waals surface area contributed by atoms with E-state index in [0.717, 1.165) is 0 Å². The van der Waals surface area contributed by atoms with Crippen LogP contribution in [0.4, 0.5) is 0 Å². The van der Waals surface area contributed by atoms with Crippen molar-refractivity contribution < 1.29 is 26.9 Å². The first-order chi connectivity index (χ1) is 14.6. The molecule has 31 heavy (non-hydrogen) atoms. The number of nitrogens with zero attached hydrogens (tertiary/aromatic N) is 2. The van der Waals surface area contributed by atoms with Gasteiger partial charge >= 0.3 is 0 Å². The fourth-order valence-corrected chi connectivity index (χ4v) is 5.70. The number of fused-ring (bicyclic) bond motifs is 1. The van der Waals surface area contributed by atoms with Gasteiger partial charge in [0, 0.05) is 12.0 Å². The van der Waals surface area contributed by atoms with Crippen molar-refractivity contribution in [2.24, 2.45) is 5.92 Å². The van der Waals surface area contributed by atoms with Crippen molar-refractivity contribution in [3.63, 3.8) is 0 Å². The van der Waals surface area contributed by atoms with Crippen LogP contribution in [-0.4, -0.2) is 41.9 Å². The zero-order valence-corrected chi connectivity index (χ0v) is 18.1. The normalized spacial score (nSPS) is 17.7. The van der Waals surface area contributed by atoms with Crippen molar-refractivity contribution in [3.8, 4) is 11.3 Å². The van der Waals surface area contributed by atoms with Crippen molar-refractivity contribution in [1.82, 2.24) is 21.0 Å². The van der Waals surface area contributed by atoms with Crippen LogP contribution in [0.25, 0.3) is 22.4 Å². The molecule has 4 heterocycles. The monoisotopic (exact) mass is 446 g/mol. The quantitative estimate of drug-likeness (QED) is 0.579. The predicted octanol–water partition coefficient (Wildman–Crippen LogP) is 1.99. The molecule has 3 aromatic heterocycles. The summed E-state index contributed by atoms with van der Waals surface area (Å²) >= 11 is 0. The second-order valence-corrected chi connectivity index (χ2v) is 10.0. The smallest absolute Gasteiger partial charge is 0.270 e. The summed E-state index contributed by atoms with van der Waals surface area (Å²) in [5.74, 6) is 0.172. The molecule has 0 aliphatic carbocycles. The minimum atomic E-state index is -3.07. The Kier molecular flexibility index (Phi) is 5.29. The standard InChI is InChI=1S/C20H22N4O6S/c1-10-6-14(12(3)29-10)16-8-15(18-11(2)24-30-20(18)21-16)19(26)23-22-17(25)7-13-4-5-31(27,28)9-13/h6,8,13H,4-5,7,9H2,1-3H3,(H,22,25)(H,23,26). The average Bonchev–Trinajstić information content (AvgIpc) is 3.35. The van der Waals surface area contributed by atoms with Gasteiger partial charge in [0.2, 0.25) is 5.91 Å². The molecule has 1 saturated heterocycles. The maximum absolute atomic E-state index is 12.9. The molecule has 2 N–H and O–H groups in total. The Hall–Kier alpha value is -3.21. The SMILES string of the molecule is Cc1cc(-c2cc(C(=O)NNC(=O)CC3CCS(=O)(=O)C3)c3c(C)noc3n2)c(C)o1. The third-order valence-electron chi connectivity index (χ3n) is 5.29. The van der Waals surface area contributed by atoms with Crippen LogP contribution in [0, 0.1) is 26.7 Å². The highest BCUT2D eigenvalue weighted by molar-refractivity contribution is 7.91. The Morgan fingerprint density at radius 3 is 2.61 bits per heavy atom. The molecule has 0 spiro atoms. The van der Waals surface area contributed by atoms with Gasteiger partial charge in [0.15, 0.2) is 9.84 Å². The molecule has 1 atom stereocenters. The first-order valence-electron chi connectivity index (χ1n) is 9.77. The molecule has 0 saturated carbocycles. The van der Waals surface area contributed by atoms with Gasteiger partial charge in [-0.1, -0.05) is 5.16 Å². The second kappa shape index (κ2) is 7.80. The summed E-state index contributed by atoms with van der Waals surface area (Å²) in [6, 6.07) is 3.40. The van der Waals surface area contributed by atoms with E-state index in [1.54, 1.807) is 19.9 Å². The summed E-state index contributed by atoms with van der Waals surface area (Å²) in [5.41, 5.74) is 6.87. The highest BCUT2D eigenvalue weighted by Gasteiger charge is 2.29. The Morgan fingerprint density at radius 1 is 1.19 bits per heavy atom. The highest BCUT2D eigenvalue weighted by atomic mass is 32.2. The Balaban J connectivity index is 1.55. The molecule has 0 bridgehead atoms. The Labute approximate surface area is 178 Å². The number of amides is 2. The molecule has 1 unspecified atom stereocenters. The number of aryl methyl sites for hydroxylation is 3. The number of rotatable bonds is 4. The molecule has 1 aliphatic rings. The number of carbonyl (C=O) groups is 2. The summed E-state index contributed by atoms with van der Waals surface area (Å²) in [6.07, 6.45) is 0.470. The highest BCUT2D eigenvalue weighted by Crippen LogP contribution is 2.30. The lowest BCUT2D eigenvalue weighted by atomic mass is 10.1. The second-order valence-electron chi connectivity index (χ2n) is 7.81. The molecular weight excluding hydrogens is 424 g/mol. The minimum Gasteiger partial charge on any atom is -0.466 e. The number of pyridine rings is 1. The lowest BCUT2D eigenvalue weighted by molar-refractivity contribution is -0.122. The summed E-state index contributed by atoms with van der Waals surface area (Å²) in [5, 5.41) is 4.33. The zero-order chi connectivity index (χ0) is 22.3. The summed E-state index contributed by atoms with van der Waals surface area (Å²) < 4.78 is 33.9. The molecule has 4 rings (SSSR count). The van der Waals surface area contributed by atoms with E-state index in [1.807, 2.05) is 13.0 Å². The molecule has 0 radical (unpaired) electrons. The predicted molar refractivity (Wildman–Crippen MR) is 111 cm³/mol. The third kappa shape index (κ3) is 4.31. The van der Waals surface area contributed by atoms with Gasteiger partial charge in [0.25, 0.3) is 11.6 Å². The topological polar surface area (TPSA) is 144 Å². The fourth-order valence-electron chi connectivity index (χ4n) is 3.84. The van der Waals surface area contributed by atoms with Crippen LogP contribution in [-0.2, 0) is 14.6 Å². The summed E-state index contributed by atoms with van der Waals surface area (Å²) in [6.45, 7) is 5.30. The Morgan fingerprint density at radius 2 is 1.97 bits per heavy atom. The van der Waals surface area contributed by atoms with Gasteiger partial charge in [-0.25, -0.2) is 13.4 Å². The van der Waals surface area contributed by atoms with E-state index < -0.39 is 21.7 Å². The van der Waals surface area contributed by atoms with Gasteiger partial charge < -0.3 is 8.94 Å². The number of carbonyl (C=O) groups excluding carboxylic acids is 2. The van der Waals surface area contributed by atoms with Crippen molar-refractivity contribution in [2.75, 3.05) is 11.5 Å².